The predicted octanol–water partition coefficient (Wildman–Crippen LogP) is 4.24. The summed E-state index contributed by atoms with van der Waals surface area (Å²) in [5.74, 6) is 1.67. The molecule has 0 aliphatic carbocycles. The Bertz CT molecular complexity index is 926. The van der Waals surface area contributed by atoms with E-state index in [1.807, 2.05) is 60.1 Å². The van der Waals surface area contributed by atoms with Crippen LogP contribution in [0.5, 0.6) is 5.75 Å². The molecule has 0 aliphatic rings. The lowest BCUT2D eigenvalue weighted by molar-refractivity contribution is 0.311. The quantitative estimate of drug-likeness (QED) is 0.202. The van der Waals surface area contributed by atoms with E-state index >= 15 is 0 Å². The van der Waals surface area contributed by atoms with Crippen LogP contribution in [-0.2, 0) is 6.54 Å². The Kier molecular flexibility index (Phi) is 9.66. The highest BCUT2D eigenvalue weighted by atomic mass is 127. The number of hydrogen-bond donors (Lipinski definition) is 2. The van der Waals surface area contributed by atoms with E-state index in [2.05, 4.69) is 34.7 Å². The third-order valence-electron chi connectivity index (χ3n) is 4.72. The highest BCUT2D eigenvalue weighted by molar-refractivity contribution is 14.0. The third-order valence-corrected chi connectivity index (χ3v) is 4.72. The number of para-hydroxylation sites is 2. The molecule has 30 heavy (non-hydrogen) atoms. The zero-order valence-corrected chi connectivity index (χ0v) is 20.1. The molecule has 0 amide bonds. The minimum atomic E-state index is 0. The third kappa shape index (κ3) is 6.48. The van der Waals surface area contributed by atoms with Crippen LogP contribution in [0.2, 0.25) is 0 Å². The van der Waals surface area contributed by atoms with Crippen molar-refractivity contribution in [1.29, 1.82) is 0 Å². The fourth-order valence-corrected chi connectivity index (χ4v) is 3.13. The summed E-state index contributed by atoms with van der Waals surface area (Å²) in [4.78, 5) is 4.31. The van der Waals surface area contributed by atoms with Gasteiger partial charge in [0.15, 0.2) is 5.96 Å². The Labute approximate surface area is 195 Å². The van der Waals surface area contributed by atoms with E-state index in [0.29, 0.717) is 13.2 Å². The number of nitrogens with zero attached hydrogens (tertiary/aromatic N) is 3. The molecular weight excluding hydrogens is 489 g/mol. The van der Waals surface area contributed by atoms with Crippen LogP contribution in [0.25, 0.3) is 5.69 Å². The summed E-state index contributed by atoms with van der Waals surface area (Å²) < 4.78 is 7.71. The van der Waals surface area contributed by atoms with Crippen LogP contribution in [0.3, 0.4) is 0 Å². The van der Waals surface area contributed by atoms with E-state index in [-0.39, 0.29) is 24.0 Å². The van der Waals surface area contributed by atoms with Gasteiger partial charge in [0.1, 0.15) is 5.75 Å². The number of aromatic nitrogens is 2. The average Bonchev–Trinajstić information content (AvgIpc) is 3.05. The van der Waals surface area contributed by atoms with Crippen molar-refractivity contribution in [2.24, 2.45) is 4.99 Å². The van der Waals surface area contributed by atoms with Crippen molar-refractivity contribution < 1.29 is 4.74 Å². The molecule has 2 N–H and O–H groups in total. The van der Waals surface area contributed by atoms with Gasteiger partial charge in [-0.3, -0.25) is 4.99 Å². The van der Waals surface area contributed by atoms with Crippen LogP contribution in [-0.4, -0.2) is 35.9 Å². The molecule has 0 saturated heterocycles. The van der Waals surface area contributed by atoms with Crippen LogP contribution in [0.4, 0.5) is 0 Å². The summed E-state index contributed by atoms with van der Waals surface area (Å²) in [6.07, 6.45) is 0.888. The van der Waals surface area contributed by atoms with Crippen molar-refractivity contribution in [3.63, 3.8) is 0 Å². The molecule has 1 aromatic heterocycles. The highest BCUT2D eigenvalue weighted by Gasteiger charge is 2.13. The van der Waals surface area contributed by atoms with Gasteiger partial charge in [-0.15, -0.1) is 24.0 Å². The van der Waals surface area contributed by atoms with E-state index < -0.39 is 0 Å². The molecule has 7 heteroatoms. The lowest BCUT2D eigenvalue weighted by Crippen LogP contribution is -2.37. The molecular formula is C23H30IN5O. The standard InChI is InChI=1S/C23H29N5O.HI/c1-18-22(19(2)28(27-18)20-11-6-4-7-12-20)17-26-23(24-3)25-15-10-16-29-21-13-8-5-9-14-21;/h4-9,11-14H,10,15-17H2,1-3H3,(H2,24,25,26);1H. The minimum Gasteiger partial charge on any atom is -0.494 e. The molecule has 3 rings (SSSR count). The number of halogens is 1. The summed E-state index contributed by atoms with van der Waals surface area (Å²) in [6.45, 7) is 6.26. The molecule has 160 valence electrons. The van der Waals surface area contributed by atoms with Gasteiger partial charge in [-0.05, 0) is 44.5 Å². The minimum absolute atomic E-state index is 0. The molecule has 0 spiro atoms. The molecule has 0 atom stereocenters. The average molecular weight is 519 g/mol. The number of aryl methyl sites for hydroxylation is 1. The van der Waals surface area contributed by atoms with Gasteiger partial charge < -0.3 is 15.4 Å². The van der Waals surface area contributed by atoms with Crippen LogP contribution < -0.4 is 15.4 Å². The zero-order chi connectivity index (χ0) is 20.5. The zero-order valence-electron chi connectivity index (χ0n) is 17.8. The molecule has 3 aromatic rings. The number of aliphatic imine (C=N–C) groups is 1. The summed E-state index contributed by atoms with van der Waals surface area (Å²) in [7, 11) is 1.78. The van der Waals surface area contributed by atoms with Crippen LogP contribution in [0.15, 0.2) is 65.7 Å². The summed E-state index contributed by atoms with van der Waals surface area (Å²) in [5, 5.41) is 11.4. The first-order valence-corrected chi connectivity index (χ1v) is 9.92. The number of ether oxygens (including phenoxy) is 1. The normalized spacial score (nSPS) is 11.0. The highest BCUT2D eigenvalue weighted by Crippen LogP contribution is 2.17. The van der Waals surface area contributed by atoms with E-state index in [4.69, 9.17) is 9.84 Å². The molecule has 2 aromatic carbocycles. The molecule has 0 aliphatic heterocycles. The SMILES string of the molecule is CN=C(NCCCOc1ccccc1)NCc1c(C)nn(-c2ccccc2)c1C.I. The number of guanidine groups is 1. The van der Waals surface area contributed by atoms with Crippen molar-refractivity contribution in [2.75, 3.05) is 20.2 Å². The predicted molar refractivity (Wildman–Crippen MR) is 133 cm³/mol. The second kappa shape index (κ2) is 12.2. The van der Waals surface area contributed by atoms with Crippen LogP contribution in [0, 0.1) is 13.8 Å². The van der Waals surface area contributed by atoms with Crippen molar-refractivity contribution in [1.82, 2.24) is 20.4 Å². The second-order valence-corrected chi connectivity index (χ2v) is 6.76. The van der Waals surface area contributed by atoms with Gasteiger partial charge in [-0.25, -0.2) is 4.68 Å². The van der Waals surface area contributed by atoms with Gasteiger partial charge in [-0.1, -0.05) is 36.4 Å². The summed E-state index contributed by atoms with van der Waals surface area (Å²) >= 11 is 0. The number of hydrogen-bond acceptors (Lipinski definition) is 3. The number of rotatable bonds is 8. The number of nitrogens with one attached hydrogen (secondary N) is 2. The Morgan fingerprint density at radius 3 is 2.33 bits per heavy atom. The van der Waals surface area contributed by atoms with Crippen LogP contribution >= 0.6 is 24.0 Å². The van der Waals surface area contributed by atoms with Gasteiger partial charge in [0, 0.05) is 31.4 Å². The monoisotopic (exact) mass is 519 g/mol. The van der Waals surface area contributed by atoms with Gasteiger partial charge >= 0.3 is 0 Å². The smallest absolute Gasteiger partial charge is 0.191 e. The second-order valence-electron chi connectivity index (χ2n) is 6.76. The van der Waals surface area contributed by atoms with E-state index in [0.717, 1.165) is 41.7 Å². The van der Waals surface area contributed by atoms with E-state index in [9.17, 15) is 0 Å². The van der Waals surface area contributed by atoms with Crippen LogP contribution in [0.1, 0.15) is 23.4 Å². The first-order chi connectivity index (χ1) is 14.2. The molecule has 0 fully saturated rings. The lowest BCUT2D eigenvalue weighted by Gasteiger charge is -2.13. The summed E-state index contributed by atoms with van der Waals surface area (Å²) in [6, 6.07) is 20.1. The topological polar surface area (TPSA) is 63.5 Å². The maximum Gasteiger partial charge on any atom is 0.191 e. The van der Waals surface area contributed by atoms with E-state index in [1.54, 1.807) is 7.05 Å². The molecule has 0 radical (unpaired) electrons. The molecule has 1 heterocycles. The van der Waals surface area contributed by atoms with Crippen molar-refractivity contribution in [2.45, 2.75) is 26.8 Å². The Balaban J connectivity index is 0.00000320. The fraction of sp³-hybridized carbons (Fsp3) is 0.304. The van der Waals surface area contributed by atoms with Crippen molar-refractivity contribution >= 4 is 29.9 Å². The molecule has 0 saturated carbocycles. The van der Waals surface area contributed by atoms with Gasteiger partial charge in [0.25, 0.3) is 0 Å². The first kappa shape index (κ1) is 23.7. The Morgan fingerprint density at radius 2 is 1.67 bits per heavy atom. The maximum atomic E-state index is 5.72. The first-order valence-electron chi connectivity index (χ1n) is 9.92. The lowest BCUT2D eigenvalue weighted by atomic mass is 10.2. The van der Waals surface area contributed by atoms with Gasteiger partial charge in [0.05, 0.1) is 18.0 Å². The maximum absolute atomic E-state index is 5.72. The Morgan fingerprint density at radius 1 is 1.00 bits per heavy atom. The molecule has 0 bridgehead atoms. The summed E-state index contributed by atoms with van der Waals surface area (Å²) in [5.41, 5.74) is 4.41. The Hall–Kier alpha value is -2.55. The van der Waals surface area contributed by atoms with Crippen molar-refractivity contribution in [3.8, 4) is 11.4 Å². The van der Waals surface area contributed by atoms with Gasteiger partial charge in [-0.2, -0.15) is 5.10 Å². The van der Waals surface area contributed by atoms with Crippen molar-refractivity contribution in [3.05, 3.63) is 77.6 Å². The number of benzene rings is 2. The van der Waals surface area contributed by atoms with Gasteiger partial charge in [0.2, 0.25) is 0 Å². The fourth-order valence-electron chi connectivity index (χ4n) is 3.13. The molecule has 0 unspecified atom stereocenters. The van der Waals surface area contributed by atoms with E-state index in [1.165, 1.54) is 5.56 Å². The largest absolute Gasteiger partial charge is 0.494 e. The molecule has 6 nitrogen and oxygen atoms in total.